The predicted molar refractivity (Wildman–Crippen MR) is 61.8 cm³/mol. The van der Waals surface area contributed by atoms with E-state index in [2.05, 4.69) is 21.7 Å². The molecule has 5 nitrogen and oxygen atoms in total. The molecule has 90 valence electrons. The molecular formula is C11H19N3O2. The van der Waals surface area contributed by atoms with Gasteiger partial charge in [-0.05, 0) is 11.1 Å². The number of aliphatic hydroxyl groups excluding tert-OH is 2. The van der Waals surface area contributed by atoms with Gasteiger partial charge in [-0.2, -0.15) is 0 Å². The molecule has 0 saturated heterocycles. The zero-order chi connectivity index (χ0) is 11.6. The summed E-state index contributed by atoms with van der Waals surface area (Å²) in [6, 6.07) is 2.06. The standard InChI is InChI=1S/C11H19N3O2/c15-3-1-12-6-10-5-11(9-14-8-10)7-13-2-4-16/h5,8-9,12-13,15-16H,1-4,6-7H2. The van der Waals surface area contributed by atoms with Crippen molar-refractivity contribution in [2.75, 3.05) is 26.3 Å². The van der Waals surface area contributed by atoms with Crippen molar-refractivity contribution in [1.29, 1.82) is 0 Å². The minimum absolute atomic E-state index is 0.144. The molecule has 0 fully saturated rings. The van der Waals surface area contributed by atoms with E-state index in [4.69, 9.17) is 10.2 Å². The Balaban J connectivity index is 2.37. The summed E-state index contributed by atoms with van der Waals surface area (Å²) in [5.74, 6) is 0. The zero-order valence-corrected chi connectivity index (χ0v) is 9.32. The van der Waals surface area contributed by atoms with E-state index in [-0.39, 0.29) is 13.2 Å². The second kappa shape index (κ2) is 8.18. The Kier molecular flexibility index (Phi) is 6.67. The molecule has 0 atom stereocenters. The van der Waals surface area contributed by atoms with Crippen LogP contribution in [0, 0.1) is 0 Å². The molecule has 0 aliphatic carbocycles. The zero-order valence-electron chi connectivity index (χ0n) is 9.32. The molecule has 1 aromatic rings. The number of hydrogen-bond acceptors (Lipinski definition) is 5. The fraction of sp³-hybridized carbons (Fsp3) is 0.545. The second-order valence-electron chi connectivity index (χ2n) is 3.50. The molecule has 1 heterocycles. The first-order valence-corrected chi connectivity index (χ1v) is 5.42. The van der Waals surface area contributed by atoms with E-state index in [0.29, 0.717) is 26.2 Å². The molecule has 0 radical (unpaired) electrons. The van der Waals surface area contributed by atoms with E-state index >= 15 is 0 Å². The average Bonchev–Trinajstić information content (AvgIpc) is 2.30. The van der Waals surface area contributed by atoms with Gasteiger partial charge in [0, 0.05) is 38.6 Å². The van der Waals surface area contributed by atoms with E-state index in [1.807, 2.05) is 0 Å². The van der Waals surface area contributed by atoms with Crippen LogP contribution in [0.1, 0.15) is 11.1 Å². The van der Waals surface area contributed by atoms with Crippen molar-refractivity contribution >= 4 is 0 Å². The van der Waals surface area contributed by atoms with Crippen LogP contribution in [-0.4, -0.2) is 41.5 Å². The summed E-state index contributed by atoms with van der Waals surface area (Å²) < 4.78 is 0. The minimum atomic E-state index is 0.144. The van der Waals surface area contributed by atoms with Gasteiger partial charge in [0.1, 0.15) is 0 Å². The van der Waals surface area contributed by atoms with Gasteiger partial charge < -0.3 is 20.8 Å². The third-order valence-electron chi connectivity index (χ3n) is 2.09. The highest BCUT2D eigenvalue weighted by Gasteiger charge is 1.96. The molecule has 16 heavy (non-hydrogen) atoms. The molecule has 0 aromatic carbocycles. The molecule has 0 aliphatic heterocycles. The number of pyridine rings is 1. The largest absolute Gasteiger partial charge is 0.395 e. The Morgan fingerprint density at radius 2 is 1.44 bits per heavy atom. The van der Waals surface area contributed by atoms with Crippen LogP contribution >= 0.6 is 0 Å². The van der Waals surface area contributed by atoms with Crippen LogP contribution in [-0.2, 0) is 13.1 Å². The molecular weight excluding hydrogens is 206 g/mol. The molecule has 0 unspecified atom stereocenters. The summed E-state index contributed by atoms with van der Waals surface area (Å²) in [6.45, 7) is 2.89. The summed E-state index contributed by atoms with van der Waals surface area (Å²) >= 11 is 0. The van der Waals surface area contributed by atoms with Crippen LogP contribution in [0.2, 0.25) is 0 Å². The van der Waals surface area contributed by atoms with Gasteiger partial charge in [-0.3, -0.25) is 4.98 Å². The van der Waals surface area contributed by atoms with E-state index in [1.165, 1.54) is 0 Å². The maximum atomic E-state index is 8.63. The lowest BCUT2D eigenvalue weighted by Gasteiger charge is -2.06. The fourth-order valence-corrected chi connectivity index (χ4v) is 1.36. The summed E-state index contributed by atoms with van der Waals surface area (Å²) in [5.41, 5.74) is 2.19. The Hall–Kier alpha value is -1.01. The number of aliphatic hydroxyl groups is 2. The number of hydrogen-bond donors (Lipinski definition) is 4. The molecule has 4 N–H and O–H groups in total. The highest BCUT2D eigenvalue weighted by molar-refractivity contribution is 5.17. The van der Waals surface area contributed by atoms with Crippen molar-refractivity contribution in [3.8, 4) is 0 Å². The first kappa shape index (κ1) is 13.1. The molecule has 0 saturated carbocycles. The Bertz CT molecular complexity index is 269. The third-order valence-corrected chi connectivity index (χ3v) is 2.09. The molecule has 0 spiro atoms. The van der Waals surface area contributed by atoms with E-state index in [0.717, 1.165) is 11.1 Å². The van der Waals surface area contributed by atoms with Gasteiger partial charge in [-0.15, -0.1) is 0 Å². The van der Waals surface area contributed by atoms with Gasteiger partial charge >= 0.3 is 0 Å². The van der Waals surface area contributed by atoms with Gasteiger partial charge in [0.25, 0.3) is 0 Å². The molecule has 0 aliphatic rings. The smallest absolute Gasteiger partial charge is 0.0556 e. The molecule has 0 bridgehead atoms. The second-order valence-corrected chi connectivity index (χ2v) is 3.50. The molecule has 1 rings (SSSR count). The SMILES string of the molecule is OCCNCc1cncc(CNCCO)c1. The van der Waals surface area contributed by atoms with Crippen molar-refractivity contribution in [2.24, 2.45) is 0 Å². The Morgan fingerprint density at radius 1 is 0.938 bits per heavy atom. The maximum absolute atomic E-state index is 8.63. The Labute approximate surface area is 95.5 Å². The quantitative estimate of drug-likeness (QED) is 0.438. The summed E-state index contributed by atoms with van der Waals surface area (Å²) in [4.78, 5) is 4.14. The lowest BCUT2D eigenvalue weighted by molar-refractivity contribution is 0.292. The molecule has 1 aromatic heterocycles. The summed E-state index contributed by atoms with van der Waals surface area (Å²) in [6.07, 6.45) is 3.61. The number of nitrogens with one attached hydrogen (secondary N) is 2. The van der Waals surface area contributed by atoms with Gasteiger partial charge in [0.2, 0.25) is 0 Å². The van der Waals surface area contributed by atoms with Crippen molar-refractivity contribution in [1.82, 2.24) is 15.6 Å². The van der Waals surface area contributed by atoms with E-state index in [9.17, 15) is 0 Å². The number of aromatic nitrogens is 1. The van der Waals surface area contributed by atoms with Gasteiger partial charge in [-0.25, -0.2) is 0 Å². The van der Waals surface area contributed by atoms with Crippen LogP contribution in [0.25, 0.3) is 0 Å². The lowest BCUT2D eigenvalue weighted by Crippen LogP contribution is -2.19. The van der Waals surface area contributed by atoms with Crippen molar-refractivity contribution < 1.29 is 10.2 Å². The Morgan fingerprint density at radius 3 is 1.88 bits per heavy atom. The van der Waals surface area contributed by atoms with Gasteiger partial charge in [0.05, 0.1) is 13.2 Å². The fourth-order valence-electron chi connectivity index (χ4n) is 1.36. The van der Waals surface area contributed by atoms with Crippen LogP contribution in [0.4, 0.5) is 0 Å². The van der Waals surface area contributed by atoms with Crippen LogP contribution in [0.3, 0.4) is 0 Å². The summed E-state index contributed by atoms with van der Waals surface area (Å²) in [5, 5.41) is 23.5. The third kappa shape index (κ3) is 5.18. The van der Waals surface area contributed by atoms with Crippen molar-refractivity contribution in [3.63, 3.8) is 0 Å². The van der Waals surface area contributed by atoms with Crippen LogP contribution in [0.5, 0.6) is 0 Å². The highest BCUT2D eigenvalue weighted by atomic mass is 16.3. The average molecular weight is 225 g/mol. The van der Waals surface area contributed by atoms with Gasteiger partial charge in [-0.1, -0.05) is 6.07 Å². The van der Waals surface area contributed by atoms with E-state index in [1.54, 1.807) is 12.4 Å². The van der Waals surface area contributed by atoms with Gasteiger partial charge in [0.15, 0.2) is 0 Å². The summed E-state index contributed by atoms with van der Waals surface area (Å²) in [7, 11) is 0. The lowest BCUT2D eigenvalue weighted by atomic mass is 10.2. The number of nitrogens with zero attached hydrogens (tertiary/aromatic N) is 1. The van der Waals surface area contributed by atoms with Crippen LogP contribution in [0.15, 0.2) is 18.5 Å². The highest BCUT2D eigenvalue weighted by Crippen LogP contribution is 2.02. The number of rotatable bonds is 8. The first-order valence-electron chi connectivity index (χ1n) is 5.42. The molecule has 5 heteroatoms. The normalized spacial score (nSPS) is 10.6. The topological polar surface area (TPSA) is 77.4 Å². The van der Waals surface area contributed by atoms with Crippen molar-refractivity contribution in [3.05, 3.63) is 29.6 Å². The monoisotopic (exact) mass is 225 g/mol. The molecule has 0 amide bonds. The minimum Gasteiger partial charge on any atom is -0.395 e. The predicted octanol–water partition coefficient (Wildman–Crippen LogP) is -0.755. The van der Waals surface area contributed by atoms with E-state index < -0.39 is 0 Å². The first-order chi connectivity index (χ1) is 7.86. The van der Waals surface area contributed by atoms with Crippen LogP contribution < -0.4 is 10.6 Å². The van der Waals surface area contributed by atoms with Crippen molar-refractivity contribution in [2.45, 2.75) is 13.1 Å². The maximum Gasteiger partial charge on any atom is 0.0556 e.